The number of nitrogens with one attached hydrogen (secondary N) is 2. The first-order valence-corrected chi connectivity index (χ1v) is 10.3. The Balaban J connectivity index is 1.75. The maximum absolute atomic E-state index is 13.1. The van der Waals surface area contributed by atoms with E-state index in [0.29, 0.717) is 31.5 Å². The molecule has 0 radical (unpaired) electrons. The number of benzene rings is 2. The Bertz CT molecular complexity index is 939. The molecule has 0 spiro atoms. The van der Waals surface area contributed by atoms with Crippen LogP contribution in [0.15, 0.2) is 48.5 Å². The molecule has 6 heteroatoms. The fourth-order valence-electron chi connectivity index (χ4n) is 3.76. The molecule has 0 bridgehead atoms. The second-order valence-electron chi connectivity index (χ2n) is 8.11. The molecule has 6 nitrogen and oxygen atoms in total. The minimum atomic E-state index is -0.534. The second kappa shape index (κ2) is 9.57. The van der Waals surface area contributed by atoms with Gasteiger partial charge in [-0.15, -0.1) is 0 Å². The first-order valence-electron chi connectivity index (χ1n) is 10.3. The molecular weight excluding hydrogens is 378 g/mol. The van der Waals surface area contributed by atoms with E-state index in [2.05, 4.69) is 10.6 Å². The zero-order chi connectivity index (χ0) is 21.7. The first-order chi connectivity index (χ1) is 14.4. The maximum Gasteiger partial charge on any atom is 0.251 e. The van der Waals surface area contributed by atoms with Crippen LogP contribution in [0.4, 0.5) is 0 Å². The molecule has 0 aliphatic carbocycles. The van der Waals surface area contributed by atoms with Crippen molar-refractivity contribution < 1.29 is 14.4 Å². The van der Waals surface area contributed by atoms with Gasteiger partial charge in [0.2, 0.25) is 11.8 Å². The Hall–Kier alpha value is -3.15. The van der Waals surface area contributed by atoms with Crippen LogP contribution in [0.1, 0.15) is 47.3 Å². The van der Waals surface area contributed by atoms with E-state index in [0.717, 1.165) is 16.7 Å². The van der Waals surface area contributed by atoms with Crippen LogP contribution in [-0.2, 0) is 29.1 Å². The highest BCUT2D eigenvalue weighted by atomic mass is 16.2. The molecule has 1 atom stereocenters. The molecule has 2 aromatic rings. The standard InChI is InChI=1S/C24H29N3O3/c1-16(2)11-22(28)27-15-20-9-5-4-8-18(20)13-21(27)24(30)26-14-17-7-6-10-19(12-17)23(29)25-3/h4-10,12,16,21H,11,13-15H2,1-3H3,(H,25,29)(H,26,30). The summed E-state index contributed by atoms with van der Waals surface area (Å²) in [6.07, 6.45) is 0.921. The number of amides is 3. The summed E-state index contributed by atoms with van der Waals surface area (Å²) in [6.45, 7) is 4.76. The van der Waals surface area contributed by atoms with E-state index in [1.807, 2.05) is 44.2 Å². The van der Waals surface area contributed by atoms with Crippen LogP contribution < -0.4 is 10.6 Å². The predicted octanol–water partition coefficient (Wildman–Crippen LogP) is 2.66. The van der Waals surface area contributed by atoms with Crippen LogP contribution in [0.3, 0.4) is 0 Å². The van der Waals surface area contributed by atoms with Crippen LogP contribution >= 0.6 is 0 Å². The molecule has 158 valence electrons. The first kappa shape index (κ1) is 21.6. The van der Waals surface area contributed by atoms with Gasteiger partial charge in [0.25, 0.3) is 5.91 Å². The molecule has 30 heavy (non-hydrogen) atoms. The monoisotopic (exact) mass is 407 g/mol. The summed E-state index contributed by atoms with van der Waals surface area (Å²) < 4.78 is 0. The third kappa shape index (κ3) is 5.06. The van der Waals surface area contributed by atoms with Crippen molar-refractivity contribution in [1.29, 1.82) is 0 Å². The third-order valence-corrected chi connectivity index (χ3v) is 5.34. The van der Waals surface area contributed by atoms with Crippen molar-refractivity contribution >= 4 is 17.7 Å². The summed E-state index contributed by atoms with van der Waals surface area (Å²) in [5, 5.41) is 5.56. The quantitative estimate of drug-likeness (QED) is 0.773. The summed E-state index contributed by atoms with van der Waals surface area (Å²) in [5.74, 6) is -0.114. The highest BCUT2D eigenvalue weighted by Crippen LogP contribution is 2.25. The average molecular weight is 408 g/mol. The molecule has 1 unspecified atom stereocenters. The van der Waals surface area contributed by atoms with Gasteiger partial charge in [0.15, 0.2) is 0 Å². The van der Waals surface area contributed by atoms with Gasteiger partial charge in [-0.1, -0.05) is 50.2 Å². The van der Waals surface area contributed by atoms with Crippen molar-refractivity contribution in [3.8, 4) is 0 Å². The second-order valence-corrected chi connectivity index (χ2v) is 8.11. The van der Waals surface area contributed by atoms with E-state index in [9.17, 15) is 14.4 Å². The van der Waals surface area contributed by atoms with Gasteiger partial charge in [0.1, 0.15) is 6.04 Å². The molecule has 1 aliphatic rings. The Morgan fingerprint density at radius 1 is 1.07 bits per heavy atom. The van der Waals surface area contributed by atoms with Crippen LogP contribution in [0.25, 0.3) is 0 Å². The highest BCUT2D eigenvalue weighted by Gasteiger charge is 2.34. The van der Waals surface area contributed by atoms with Gasteiger partial charge in [-0.05, 0) is 34.7 Å². The summed E-state index contributed by atoms with van der Waals surface area (Å²) >= 11 is 0. The summed E-state index contributed by atoms with van der Waals surface area (Å²) in [7, 11) is 1.58. The molecule has 2 aromatic carbocycles. The Kier molecular flexibility index (Phi) is 6.87. The van der Waals surface area contributed by atoms with Crippen LogP contribution in [0.5, 0.6) is 0 Å². The van der Waals surface area contributed by atoms with Crippen LogP contribution in [0.2, 0.25) is 0 Å². The van der Waals surface area contributed by atoms with Gasteiger partial charge < -0.3 is 15.5 Å². The Morgan fingerprint density at radius 3 is 2.50 bits per heavy atom. The molecule has 0 saturated heterocycles. The average Bonchev–Trinajstić information content (AvgIpc) is 2.75. The topological polar surface area (TPSA) is 78.5 Å². The molecule has 2 N–H and O–H groups in total. The third-order valence-electron chi connectivity index (χ3n) is 5.34. The molecule has 0 fully saturated rings. The van der Waals surface area contributed by atoms with Gasteiger partial charge in [-0.3, -0.25) is 14.4 Å². The number of nitrogens with zero attached hydrogens (tertiary/aromatic N) is 1. The lowest BCUT2D eigenvalue weighted by Crippen LogP contribution is -2.52. The zero-order valence-electron chi connectivity index (χ0n) is 17.8. The Labute approximate surface area is 177 Å². The largest absolute Gasteiger partial charge is 0.355 e. The van der Waals surface area contributed by atoms with E-state index >= 15 is 0 Å². The number of carbonyl (C=O) groups is 3. The van der Waals surface area contributed by atoms with E-state index in [1.165, 1.54) is 0 Å². The van der Waals surface area contributed by atoms with Gasteiger partial charge in [-0.25, -0.2) is 0 Å². The lowest BCUT2D eigenvalue weighted by atomic mass is 9.92. The van der Waals surface area contributed by atoms with Crippen LogP contribution in [-0.4, -0.2) is 35.7 Å². The van der Waals surface area contributed by atoms with E-state index in [4.69, 9.17) is 0 Å². The molecule has 1 heterocycles. The van der Waals surface area contributed by atoms with Crippen LogP contribution in [0, 0.1) is 5.92 Å². The highest BCUT2D eigenvalue weighted by molar-refractivity contribution is 5.94. The van der Waals surface area contributed by atoms with Gasteiger partial charge in [0, 0.05) is 38.5 Å². The van der Waals surface area contributed by atoms with Crippen molar-refractivity contribution in [2.45, 2.75) is 45.8 Å². The van der Waals surface area contributed by atoms with Crippen molar-refractivity contribution in [3.05, 3.63) is 70.8 Å². The van der Waals surface area contributed by atoms with Gasteiger partial charge in [-0.2, -0.15) is 0 Å². The number of fused-ring (bicyclic) bond motifs is 1. The summed E-state index contributed by atoms with van der Waals surface area (Å²) in [4.78, 5) is 39.5. The van der Waals surface area contributed by atoms with Crippen molar-refractivity contribution in [2.24, 2.45) is 5.92 Å². The lowest BCUT2D eigenvalue weighted by Gasteiger charge is -2.36. The molecule has 3 rings (SSSR count). The molecule has 0 aromatic heterocycles. The molecular formula is C24H29N3O3. The smallest absolute Gasteiger partial charge is 0.251 e. The number of hydrogen-bond acceptors (Lipinski definition) is 3. The molecule has 1 aliphatic heterocycles. The fourth-order valence-corrected chi connectivity index (χ4v) is 3.76. The minimum absolute atomic E-state index is 0.00117. The van der Waals surface area contributed by atoms with Gasteiger partial charge in [0.05, 0.1) is 0 Å². The normalized spacial score (nSPS) is 15.5. The van der Waals surface area contributed by atoms with E-state index in [-0.39, 0.29) is 23.6 Å². The zero-order valence-corrected chi connectivity index (χ0v) is 17.8. The fraction of sp³-hybridized carbons (Fsp3) is 0.375. The van der Waals surface area contributed by atoms with E-state index in [1.54, 1.807) is 30.1 Å². The number of hydrogen-bond donors (Lipinski definition) is 2. The summed E-state index contributed by atoms with van der Waals surface area (Å²) in [5.41, 5.74) is 3.58. The van der Waals surface area contributed by atoms with Gasteiger partial charge >= 0.3 is 0 Å². The maximum atomic E-state index is 13.1. The Morgan fingerprint density at radius 2 is 1.80 bits per heavy atom. The lowest BCUT2D eigenvalue weighted by molar-refractivity contribution is -0.142. The number of rotatable bonds is 6. The SMILES string of the molecule is CNC(=O)c1cccc(CNC(=O)C2Cc3ccccc3CN2C(=O)CC(C)C)c1. The predicted molar refractivity (Wildman–Crippen MR) is 116 cm³/mol. The molecule has 0 saturated carbocycles. The summed E-state index contributed by atoms with van der Waals surface area (Å²) in [6, 6.07) is 14.6. The van der Waals surface area contributed by atoms with Crippen molar-refractivity contribution in [3.63, 3.8) is 0 Å². The molecule has 3 amide bonds. The van der Waals surface area contributed by atoms with E-state index < -0.39 is 6.04 Å². The van der Waals surface area contributed by atoms with Crippen molar-refractivity contribution in [1.82, 2.24) is 15.5 Å². The van der Waals surface area contributed by atoms with Crippen molar-refractivity contribution in [2.75, 3.05) is 7.05 Å². The number of carbonyl (C=O) groups excluding carboxylic acids is 3. The minimum Gasteiger partial charge on any atom is -0.355 e.